The van der Waals surface area contributed by atoms with Gasteiger partial charge >= 0.3 is 0 Å². The molecule has 1 aromatic carbocycles. The van der Waals surface area contributed by atoms with Crippen molar-refractivity contribution in [2.75, 3.05) is 26.4 Å². The first-order valence-electron chi connectivity index (χ1n) is 8.01. The van der Waals surface area contributed by atoms with E-state index in [9.17, 15) is 5.11 Å². The van der Waals surface area contributed by atoms with Gasteiger partial charge in [0.15, 0.2) is 0 Å². The topological polar surface area (TPSA) is 50.7 Å². The number of ether oxygens (including phenoxy) is 2. The van der Waals surface area contributed by atoms with E-state index >= 15 is 0 Å². The van der Waals surface area contributed by atoms with Gasteiger partial charge < -0.3 is 19.9 Å². The zero-order valence-electron chi connectivity index (χ0n) is 14.6. The van der Waals surface area contributed by atoms with Crippen molar-refractivity contribution in [3.63, 3.8) is 0 Å². The van der Waals surface area contributed by atoms with E-state index in [2.05, 4.69) is 52.1 Å². The Hall–Kier alpha value is -1.10. The minimum absolute atomic E-state index is 0.00619. The van der Waals surface area contributed by atoms with Crippen LogP contribution in [0.4, 0.5) is 0 Å². The molecule has 0 spiro atoms. The Balaban J connectivity index is 2.12. The molecule has 0 unspecified atom stereocenters. The molecule has 0 heterocycles. The Morgan fingerprint density at radius 2 is 1.73 bits per heavy atom. The normalized spacial score (nSPS) is 13.4. The summed E-state index contributed by atoms with van der Waals surface area (Å²) < 4.78 is 11.0. The highest BCUT2D eigenvalue weighted by atomic mass is 16.5. The molecule has 0 aromatic heterocycles. The summed E-state index contributed by atoms with van der Waals surface area (Å²) >= 11 is 0. The van der Waals surface area contributed by atoms with Crippen molar-refractivity contribution in [1.82, 2.24) is 5.32 Å². The summed E-state index contributed by atoms with van der Waals surface area (Å²) in [5.74, 6) is 1.38. The molecule has 1 aromatic rings. The molecule has 1 atom stereocenters. The molecule has 0 aliphatic heterocycles. The van der Waals surface area contributed by atoms with Crippen LogP contribution in [-0.4, -0.2) is 43.1 Å². The molecule has 0 bridgehead atoms. The zero-order valence-corrected chi connectivity index (χ0v) is 14.6. The van der Waals surface area contributed by atoms with E-state index in [0.29, 0.717) is 32.3 Å². The standard InChI is InChI=1S/C18H31NO3/c1-14(2)15-6-8-17(9-7-15)22-11-10-21-13-16(20)12-19-18(3,4)5/h6-9,14,16,19-20H,10-13H2,1-5H3/t16-/m1/s1. The van der Waals surface area contributed by atoms with Crippen molar-refractivity contribution in [1.29, 1.82) is 0 Å². The SMILES string of the molecule is CC(C)c1ccc(OCCOC[C@H](O)CNC(C)(C)C)cc1. The highest BCUT2D eigenvalue weighted by Gasteiger charge is 2.12. The lowest BCUT2D eigenvalue weighted by Gasteiger charge is -2.22. The summed E-state index contributed by atoms with van der Waals surface area (Å²) in [5, 5.41) is 13.0. The summed E-state index contributed by atoms with van der Waals surface area (Å²) in [4.78, 5) is 0. The van der Waals surface area contributed by atoms with Crippen LogP contribution in [0.2, 0.25) is 0 Å². The highest BCUT2D eigenvalue weighted by Crippen LogP contribution is 2.18. The van der Waals surface area contributed by atoms with E-state index in [-0.39, 0.29) is 5.54 Å². The molecule has 0 amide bonds. The number of β-amino-alcohol motifs (C(OH)–C–C–N with tert-alkyl or cyclic N) is 1. The van der Waals surface area contributed by atoms with Crippen molar-refractivity contribution < 1.29 is 14.6 Å². The zero-order chi connectivity index (χ0) is 16.6. The number of benzene rings is 1. The van der Waals surface area contributed by atoms with Gasteiger partial charge in [-0.3, -0.25) is 0 Å². The number of aliphatic hydroxyl groups excluding tert-OH is 1. The largest absolute Gasteiger partial charge is 0.491 e. The molecule has 2 N–H and O–H groups in total. The molecule has 0 saturated heterocycles. The first-order valence-corrected chi connectivity index (χ1v) is 8.01. The van der Waals surface area contributed by atoms with Crippen LogP contribution in [0, 0.1) is 0 Å². The van der Waals surface area contributed by atoms with E-state index in [0.717, 1.165) is 5.75 Å². The second kappa shape index (κ2) is 9.13. The van der Waals surface area contributed by atoms with E-state index in [1.165, 1.54) is 5.56 Å². The Morgan fingerprint density at radius 3 is 2.27 bits per heavy atom. The lowest BCUT2D eigenvalue weighted by molar-refractivity contribution is 0.0227. The Kier molecular flexibility index (Phi) is 7.87. The van der Waals surface area contributed by atoms with Gasteiger partial charge in [0, 0.05) is 12.1 Å². The van der Waals surface area contributed by atoms with Crippen LogP contribution in [-0.2, 0) is 4.74 Å². The molecule has 1 rings (SSSR count). The number of nitrogens with one attached hydrogen (secondary N) is 1. The van der Waals surface area contributed by atoms with Crippen LogP contribution >= 0.6 is 0 Å². The Morgan fingerprint density at radius 1 is 1.09 bits per heavy atom. The van der Waals surface area contributed by atoms with Gasteiger partial charge in [0.2, 0.25) is 0 Å². The molecular weight excluding hydrogens is 278 g/mol. The van der Waals surface area contributed by atoms with Gasteiger partial charge in [-0.1, -0.05) is 26.0 Å². The third-order valence-corrected chi connectivity index (χ3v) is 3.22. The maximum atomic E-state index is 9.78. The van der Waals surface area contributed by atoms with E-state index < -0.39 is 6.10 Å². The highest BCUT2D eigenvalue weighted by molar-refractivity contribution is 5.28. The van der Waals surface area contributed by atoms with Crippen molar-refractivity contribution in [3.8, 4) is 5.75 Å². The van der Waals surface area contributed by atoms with Gasteiger partial charge in [0.25, 0.3) is 0 Å². The smallest absolute Gasteiger partial charge is 0.119 e. The van der Waals surface area contributed by atoms with Crippen LogP contribution in [0.1, 0.15) is 46.1 Å². The van der Waals surface area contributed by atoms with Crippen molar-refractivity contribution in [2.24, 2.45) is 0 Å². The van der Waals surface area contributed by atoms with Gasteiger partial charge in [-0.15, -0.1) is 0 Å². The predicted octanol–water partition coefficient (Wildman–Crippen LogP) is 2.95. The molecule has 126 valence electrons. The number of hydrogen-bond donors (Lipinski definition) is 2. The van der Waals surface area contributed by atoms with Gasteiger partial charge in [-0.2, -0.15) is 0 Å². The molecule has 4 heteroatoms. The molecule has 0 saturated carbocycles. The monoisotopic (exact) mass is 309 g/mol. The average molecular weight is 309 g/mol. The molecule has 22 heavy (non-hydrogen) atoms. The maximum Gasteiger partial charge on any atom is 0.119 e. The van der Waals surface area contributed by atoms with E-state index in [4.69, 9.17) is 9.47 Å². The van der Waals surface area contributed by atoms with Gasteiger partial charge in [0.1, 0.15) is 12.4 Å². The van der Waals surface area contributed by atoms with E-state index in [1.807, 2.05) is 12.1 Å². The van der Waals surface area contributed by atoms with E-state index in [1.54, 1.807) is 0 Å². The van der Waals surface area contributed by atoms with Gasteiger partial charge in [-0.05, 0) is 44.4 Å². The minimum atomic E-state index is -0.496. The summed E-state index contributed by atoms with van der Waals surface area (Å²) in [6, 6.07) is 8.14. The summed E-state index contributed by atoms with van der Waals surface area (Å²) in [6.45, 7) is 12.3. The number of rotatable bonds is 9. The van der Waals surface area contributed by atoms with Crippen molar-refractivity contribution in [3.05, 3.63) is 29.8 Å². The average Bonchev–Trinajstić information content (AvgIpc) is 2.44. The minimum Gasteiger partial charge on any atom is -0.491 e. The lowest BCUT2D eigenvalue weighted by atomic mass is 10.0. The molecule has 4 nitrogen and oxygen atoms in total. The fourth-order valence-corrected chi connectivity index (χ4v) is 1.87. The van der Waals surface area contributed by atoms with Crippen molar-refractivity contribution >= 4 is 0 Å². The molecule has 0 aliphatic carbocycles. The fourth-order valence-electron chi connectivity index (χ4n) is 1.87. The van der Waals surface area contributed by atoms with Crippen LogP contribution in [0.5, 0.6) is 5.75 Å². The van der Waals surface area contributed by atoms with Crippen LogP contribution in [0.25, 0.3) is 0 Å². The van der Waals surface area contributed by atoms with Crippen molar-refractivity contribution in [2.45, 2.75) is 52.2 Å². The van der Waals surface area contributed by atoms with Crippen LogP contribution in [0.15, 0.2) is 24.3 Å². The number of hydrogen-bond acceptors (Lipinski definition) is 4. The Labute approximate surface area is 134 Å². The number of aliphatic hydroxyl groups is 1. The maximum absolute atomic E-state index is 9.78. The first kappa shape index (κ1) is 18.9. The van der Waals surface area contributed by atoms with Crippen LogP contribution < -0.4 is 10.1 Å². The summed E-state index contributed by atoms with van der Waals surface area (Å²) in [7, 11) is 0. The molecule has 0 fully saturated rings. The second-order valence-corrected chi connectivity index (χ2v) is 6.93. The Bertz CT molecular complexity index is 409. The first-order chi connectivity index (χ1) is 10.3. The quantitative estimate of drug-likeness (QED) is 0.689. The van der Waals surface area contributed by atoms with Gasteiger partial charge in [0.05, 0.1) is 19.3 Å². The summed E-state index contributed by atoms with van der Waals surface area (Å²) in [6.07, 6.45) is -0.496. The molecular formula is C18H31NO3. The third kappa shape index (κ3) is 8.37. The van der Waals surface area contributed by atoms with Gasteiger partial charge in [-0.25, -0.2) is 0 Å². The molecule has 0 aliphatic rings. The summed E-state index contributed by atoms with van der Waals surface area (Å²) in [5.41, 5.74) is 1.31. The predicted molar refractivity (Wildman–Crippen MR) is 90.6 cm³/mol. The molecule has 0 radical (unpaired) electrons. The lowest BCUT2D eigenvalue weighted by Crippen LogP contribution is -2.42. The fraction of sp³-hybridized carbons (Fsp3) is 0.667. The second-order valence-electron chi connectivity index (χ2n) is 6.93. The third-order valence-electron chi connectivity index (χ3n) is 3.22. The van der Waals surface area contributed by atoms with Crippen LogP contribution in [0.3, 0.4) is 0 Å².